The summed E-state index contributed by atoms with van der Waals surface area (Å²) < 4.78 is 34.0. The first kappa shape index (κ1) is 8.10. The largest absolute Gasteiger partial charge is 0.405 e. The molecule has 0 saturated carbocycles. The van der Waals surface area contributed by atoms with Crippen LogP contribution in [0.15, 0.2) is 0 Å². The summed E-state index contributed by atoms with van der Waals surface area (Å²) in [6.45, 7) is -0.216. The molecule has 5 heteroatoms. The molecule has 0 radical (unpaired) electrons. The van der Waals surface area contributed by atoms with Gasteiger partial charge in [-0.05, 0) is 0 Å². The standard InChI is InChI=1S/C3H6F3NS/c4-3(5,6)2(8)1-7/h2,8H,1,7H2/p+1/t2-/m1/s1. The lowest BCUT2D eigenvalue weighted by molar-refractivity contribution is -0.377. The Morgan fingerprint density at radius 3 is 1.88 bits per heavy atom. The molecule has 0 aromatic carbocycles. The van der Waals surface area contributed by atoms with E-state index in [-0.39, 0.29) is 6.54 Å². The Morgan fingerprint density at radius 2 is 1.88 bits per heavy atom. The van der Waals surface area contributed by atoms with Crippen molar-refractivity contribution in [3.05, 3.63) is 0 Å². The van der Waals surface area contributed by atoms with Gasteiger partial charge in [-0.1, -0.05) is 0 Å². The van der Waals surface area contributed by atoms with Crippen molar-refractivity contribution in [2.24, 2.45) is 0 Å². The monoisotopic (exact) mass is 146 g/mol. The molecule has 0 aliphatic heterocycles. The van der Waals surface area contributed by atoms with Crippen molar-refractivity contribution < 1.29 is 18.9 Å². The molecule has 0 unspecified atom stereocenters. The Balaban J connectivity index is 3.62. The summed E-state index contributed by atoms with van der Waals surface area (Å²) in [5.74, 6) is 0. The summed E-state index contributed by atoms with van der Waals surface area (Å²) in [7, 11) is 0. The van der Waals surface area contributed by atoms with Crippen molar-refractivity contribution >= 4 is 12.6 Å². The van der Waals surface area contributed by atoms with Gasteiger partial charge in [-0.3, -0.25) is 0 Å². The predicted molar refractivity (Wildman–Crippen MR) is 26.6 cm³/mol. The van der Waals surface area contributed by atoms with Gasteiger partial charge < -0.3 is 5.73 Å². The van der Waals surface area contributed by atoms with Crippen LogP contribution in [-0.2, 0) is 0 Å². The molecule has 0 fully saturated rings. The van der Waals surface area contributed by atoms with E-state index in [0.717, 1.165) is 0 Å². The van der Waals surface area contributed by atoms with Gasteiger partial charge in [-0.2, -0.15) is 25.8 Å². The summed E-state index contributed by atoms with van der Waals surface area (Å²) in [6.07, 6.45) is -4.19. The topological polar surface area (TPSA) is 27.6 Å². The molecule has 3 N–H and O–H groups in total. The quantitative estimate of drug-likeness (QED) is 0.491. The van der Waals surface area contributed by atoms with Gasteiger partial charge in [0.2, 0.25) is 0 Å². The second-order valence-electron chi connectivity index (χ2n) is 1.35. The molecular formula is C3H7F3NS+. The maximum absolute atomic E-state index is 11.3. The molecule has 1 nitrogen and oxygen atoms in total. The van der Waals surface area contributed by atoms with Gasteiger partial charge in [0.05, 0.1) is 6.54 Å². The van der Waals surface area contributed by atoms with E-state index < -0.39 is 11.4 Å². The van der Waals surface area contributed by atoms with Crippen molar-refractivity contribution in [3.8, 4) is 0 Å². The molecule has 50 valence electrons. The van der Waals surface area contributed by atoms with Crippen molar-refractivity contribution in [1.82, 2.24) is 0 Å². The smallest absolute Gasteiger partial charge is 0.356 e. The Kier molecular flexibility index (Phi) is 2.62. The normalized spacial score (nSPS) is 16.1. The molecule has 0 amide bonds. The van der Waals surface area contributed by atoms with E-state index in [1.165, 1.54) is 0 Å². The van der Waals surface area contributed by atoms with Crippen LogP contribution in [0.1, 0.15) is 0 Å². The van der Waals surface area contributed by atoms with Crippen LogP contribution in [0.25, 0.3) is 0 Å². The van der Waals surface area contributed by atoms with E-state index in [0.29, 0.717) is 0 Å². The zero-order valence-electron chi connectivity index (χ0n) is 4.07. The van der Waals surface area contributed by atoms with Crippen molar-refractivity contribution in [1.29, 1.82) is 0 Å². The number of thiol groups is 1. The minimum absolute atomic E-state index is 0.216. The van der Waals surface area contributed by atoms with Gasteiger partial charge in [0.15, 0.2) is 0 Å². The minimum atomic E-state index is -4.19. The Morgan fingerprint density at radius 1 is 1.50 bits per heavy atom. The van der Waals surface area contributed by atoms with Gasteiger partial charge in [0.1, 0.15) is 5.25 Å². The summed E-state index contributed by atoms with van der Waals surface area (Å²) in [5.41, 5.74) is 3.06. The Bertz CT molecular complexity index is 71.4. The summed E-state index contributed by atoms with van der Waals surface area (Å²) in [5, 5.41) is -1.57. The van der Waals surface area contributed by atoms with Crippen molar-refractivity contribution in [2.45, 2.75) is 11.4 Å². The van der Waals surface area contributed by atoms with E-state index >= 15 is 0 Å². The van der Waals surface area contributed by atoms with E-state index in [9.17, 15) is 13.2 Å². The second kappa shape index (κ2) is 2.59. The Hall–Kier alpha value is 0.100. The van der Waals surface area contributed by atoms with E-state index in [1.807, 2.05) is 0 Å². The van der Waals surface area contributed by atoms with Crippen molar-refractivity contribution in [3.63, 3.8) is 0 Å². The molecular weight excluding hydrogens is 139 g/mol. The second-order valence-corrected chi connectivity index (χ2v) is 1.97. The molecule has 0 heterocycles. The van der Waals surface area contributed by atoms with Crippen LogP contribution < -0.4 is 5.73 Å². The molecule has 0 saturated heterocycles. The first-order valence-electron chi connectivity index (χ1n) is 2.02. The molecule has 0 aromatic heterocycles. The SMILES string of the molecule is [NH3+]C[C@@H](S)C(F)(F)F. The molecule has 0 aromatic rings. The van der Waals surface area contributed by atoms with Crippen LogP contribution in [0.2, 0.25) is 0 Å². The lowest BCUT2D eigenvalue weighted by atomic mass is 10.4. The van der Waals surface area contributed by atoms with E-state index in [2.05, 4.69) is 18.4 Å². The average Bonchev–Trinajstić information content (AvgIpc) is 1.62. The molecule has 8 heavy (non-hydrogen) atoms. The number of hydrogen-bond acceptors (Lipinski definition) is 1. The first-order chi connectivity index (χ1) is 3.48. The average molecular weight is 146 g/mol. The lowest BCUT2D eigenvalue weighted by Crippen LogP contribution is -2.57. The molecule has 1 atom stereocenters. The maximum atomic E-state index is 11.3. The predicted octanol–water partition coefficient (Wildman–Crippen LogP) is 0.0890. The highest BCUT2D eigenvalue weighted by molar-refractivity contribution is 7.81. The van der Waals surface area contributed by atoms with Crippen LogP contribution in [0.4, 0.5) is 13.2 Å². The summed E-state index contributed by atoms with van der Waals surface area (Å²) in [4.78, 5) is 0. The van der Waals surface area contributed by atoms with Crippen LogP contribution in [0, 0.1) is 0 Å². The molecule has 0 rings (SSSR count). The fourth-order valence-electron chi connectivity index (χ4n) is 0.164. The highest BCUT2D eigenvalue weighted by Gasteiger charge is 2.37. The summed E-state index contributed by atoms with van der Waals surface area (Å²) >= 11 is 3.22. The van der Waals surface area contributed by atoms with Crippen LogP contribution in [-0.4, -0.2) is 18.0 Å². The molecule has 0 aliphatic carbocycles. The van der Waals surface area contributed by atoms with Gasteiger partial charge >= 0.3 is 6.18 Å². The number of rotatable bonds is 1. The van der Waals surface area contributed by atoms with Gasteiger partial charge in [-0.15, -0.1) is 0 Å². The number of quaternary nitrogens is 1. The summed E-state index contributed by atoms with van der Waals surface area (Å²) in [6, 6.07) is 0. The third-order valence-corrected chi connectivity index (χ3v) is 1.20. The van der Waals surface area contributed by atoms with Gasteiger partial charge in [0.25, 0.3) is 0 Å². The number of hydrogen-bond donors (Lipinski definition) is 2. The minimum Gasteiger partial charge on any atom is -0.356 e. The zero-order valence-corrected chi connectivity index (χ0v) is 4.97. The van der Waals surface area contributed by atoms with Gasteiger partial charge in [0, 0.05) is 0 Å². The zero-order chi connectivity index (χ0) is 6.78. The fourth-order valence-corrected chi connectivity index (χ4v) is 0.164. The lowest BCUT2D eigenvalue weighted by Gasteiger charge is -2.08. The first-order valence-corrected chi connectivity index (χ1v) is 2.54. The van der Waals surface area contributed by atoms with E-state index in [1.54, 1.807) is 0 Å². The van der Waals surface area contributed by atoms with Gasteiger partial charge in [-0.25, -0.2) is 0 Å². The Labute approximate surface area is 50.5 Å². The van der Waals surface area contributed by atoms with Crippen molar-refractivity contribution in [2.75, 3.05) is 6.54 Å². The highest BCUT2D eigenvalue weighted by atomic mass is 32.1. The molecule has 0 spiro atoms. The highest BCUT2D eigenvalue weighted by Crippen LogP contribution is 2.22. The fraction of sp³-hybridized carbons (Fsp3) is 1.00. The van der Waals surface area contributed by atoms with Crippen LogP contribution >= 0.6 is 12.6 Å². The number of alkyl halides is 3. The third-order valence-electron chi connectivity index (χ3n) is 0.651. The third kappa shape index (κ3) is 2.42. The molecule has 0 aliphatic rings. The van der Waals surface area contributed by atoms with E-state index in [4.69, 9.17) is 0 Å². The number of halogens is 3. The molecule has 0 bridgehead atoms. The van der Waals surface area contributed by atoms with Crippen LogP contribution in [0.3, 0.4) is 0 Å². The van der Waals surface area contributed by atoms with Crippen LogP contribution in [0.5, 0.6) is 0 Å². The maximum Gasteiger partial charge on any atom is 0.405 e.